The molecule has 2 aromatic heterocycles. The van der Waals surface area contributed by atoms with Crippen molar-refractivity contribution < 1.29 is 23.5 Å². The fourth-order valence-corrected chi connectivity index (χ4v) is 4.57. The van der Waals surface area contributed by atoms with Gasteiger partial charge in [0.15, 0.2) is 11.6 Å². The zero-order valence-corrected chi connectivity index (χ0v) is 23.6. The number of nitrogens with zero attached hydrogens (tertiary/aromatic N) is 4. The van der Waals surface area contributed by atoms with Crippen LogP contribution in [0.5, 0.6) is 5.75 Å². The molecule has 0 aliphatic carbocycles. The van der Waals surface area contributed by atoms with Gasteiger partial charge in [0.05, 0.1) is 18.3 Å². The van der Waals surface area contributed by atoms with Crippen LogP contribution in [0.25, 0.3) is 22.2 Å². The molecule has 0 unspecified atom stereocenters. The number of aryl methyl sites for hydroxylation is 1. The molecular formula is C29H36FN5O4. The van der Waals surface area contributed by atoms with E-state index in [4.69, 9.17) is 14.5 Å². The van der Waals surface area contributed by atoms with Crippen molar-refractivity contribution in [1.29, 1.82) is 0 Å². The van der Waals surface area contributed by atoms with Gasteiger partial charge in [0.25, 0.3) is 0 Å². The van der Waals surface area contributed by atoms with Gasteiger partial charge < -0.3 is 24.6 Å². The molecule has 9 nitrogen and oxygen atoms in total. The lowest BCUT2D eigenvalue weighted by atomic mass is 10.0. The minimum absolute atomic E-state index is 0.154. The molecule has 1 N–H and O–H groups in total. The second kappa shape index (κ2) is 10.7. The van der Waals surface area contributed by atoms with Crippen molar-refractivity contribution in [1.82, 2.24) is 20.2 Å². The van der Waals surface area contributed by atoms with E-state index in [1.807, 2.05) is 25.1 Å². The number of benzene rings is 1. The maximum absolute atomic E-state index is 14.2. The largest absolute Gasteiger partial charge is 0.494 e. The molecule has 1 aliphatic heterocycles. The summed E-state index contributed by atoms with van der Waals surface area (Å²) in [7, 11) is 1.43. The Hall–Kier alpha value is -3.95. The fraction of sp³-hybridized carbons (Fsp3) is 0.448. The lowest BCUT2D eigenvalue weighted by Crippen LogP contribution is -2.60. The predicted molar refractivity (Wildman–Crippen MR) is 148 cm³/mol. The van der Waals surface area contributed by atoms with Gasteiger partial charge >= 0.3 is 6.09 Å². The zero-order chi connectivity index (χ0) is 28.5. The molecule has 3 aromatic rings. The highest BCUT2D eigenvalue weighted by Gasteiger charge is 2.36. The number of rotatable bonds is 5. The fourth-order valence-electron chi connectivity index (χ4n) is 4.57. The molecule has 0 radical (unpaired) electrons. The number of pyridine rings is 2. The third kappa shape index (κ3) is 6.38. The Bertz CT molecular complexity index is 1380. The van der Waals surface area contributed by atoms with Crippen LogP contribution >= 0.6 is 0 Å². The van der Waals surface area contributed by atoms with Crippen molar-refractivity contribution in [2.24, 2.45) is 0 Å². The summed E-state index contributed by atoms with van der Waals surface area (Å²) in [6.45, 7) is 12.9. The number of amides is 2. The van der Waals surface area contributed by atoms with Gasteiger partial charge in [-0.1, -0.05) is 0 Å². The van der Waals surface area contributed by atoms with Gasteiger partial charge in [-0.3, -0.25) is 4.79 Å². The van der Waals surface area contributed by atoms with Crippen molar-refractivity contribution >= 4 is 28.7 Å². The number of hydrogen-bond acceptors (Lipinski definition) is 7. The number of nitrogens with one attached hydrogen (secondary N) is 1. The third-order valence-electron chi connectivity index (χ3n) is 6.57. The van der Waals surface area contributed by atoms with Crippen molar-refractivity contribution in [3.05, 3.63) is 47.9 Å². The number of anilines is 1. The lowest BCUT2D eigenvalue weighted by molar-refractivity contribution is -0.137. The van der Waals surface area contributed by atoms with E-state index in [9.17, 15) is 14.0 Å². The summed E-state index contributed by atoms with van der Waals surface area (Å²) in [6, 6.07) is 8.87. The number of fused-ring (bicyclic) bond motifs is 1. The van der Waals surface area contributed by atoms with E-state index in [1.54, 1.807) is 51.8 Å². The number of piperazine rings is 1. The van der Waals surface area contributed by atoms with Gasteiger partial charge in [0, 0.05) is 49.4 Å². The van der Waals surface area contributed by atoms with Crippen LogP contribution in [-0.2, 0) is 9.53 Å². The normalized spacial score (nSPS) is 14.4. The molecule has 0 spiro atoms. The van der Waals surface area contributed by atoms with E-state index in [0.29, 0.717) is 31.7 Å². The highest BCUT2D eigenvalue weighted by molar-refractivity contribution is 5.89. The van der Waals surface area contributed by atoms with E-state index < -0.39 is 23.1 Å². The molecule has 1 aromatic carbocycles. The maximum atomic E-state index is 14.2. The highest BCUT2D eigenvalue weighted by atomic mass is 19.1. The van der Waals surface area contributed by atoms with E-state index in [-0.39, 0.29) is 11.7 Å². The summed E-state index contributed by atoms with van der Waals surface area (Å²) in [4.78, 5) is 38.6. The Morgan fingerprint density at radius 1 is 1.03 bits per heavy atom. The first-order chi connectivity index (χ1) is 18.3. The van der Waals surface area contributed by atoms with Crippen molar-refractivity contribution in [3.63, 3.8) is 0 Å². The number of halogens is 1. The average molecular weight is 538 g/mol. The molecule has 208 valence electrons. The summed E-state index contributed by atoms with van der Waals surface area (Å²) >= 11 is 0. The molecule has 2 amide bonds. The zero-order valence-electron chi connectivity index (χ0n) is 23.6. The molecule has 0 saturated carbocycles. The SMILES string of the molecule is COc1cc2nc(-c3ccc(N4CCN(C(=O)C(C)(C)NC(=O)OC(C)(C)C)CC4)nc3)cc(C)c2cc1F. The molecule has 3 heterocycles. The van der Waals surface area contributed by atoms with E-state index >= 15 is 0 Å². The van der Waals surface area contributed by atoms with Gasteiger partial charge in [-0.15, -0.1) is 0 Å². The number of alkyl carbamates (subject to hydrolysis) is 1. The molecule has 1 saturated heterocycles. The van der Waals surface area contributed by atoms with Gasteiger partial charge in [-0.2, -0.15) is 0 Å². The maximum Gasteiger partial charge on any atom is 0.408 e. The minimum Gasteiger partial charge on any atom is -0.494 e. The molecule has 1 fully saturated rings. The Labute approximate surface area is 228 Å². The number of aromatic nitrogens is 2. The van der Waals surface area contributed by atoms with Crippen LogP contribution in [0.15, 0.2) is 36.5 Å². The standard InChI is InChI=1S/C29H36FN5O4/c1-18-14-22(32-23-16-24(38-7)21(30)15-20(18)23)19-8-9-25(31-17-19)34-10-12-35(13-11-34)26(36)29(5,6)33-27(37)39-28(2,3)4/h8-9,14-17H,10-13H2,1-7H3,(H,33,37). The van der Waals surface area contributed by atoms with Crippen LogP contribution in [-0.4, -0.2) is 71.3 Å². The Kier molecular flexibility index (Phi) is 7.68. The quantitative estimate of drug-likeness (QED) is 0.504. The van der Waals surface area contributed by atoms with Gasteiger partial charge in [0.1, 0.15) is 17.0 Å². The Morgan fingerprint density at radius 3 is 2.31 bits per heavy atom. The molecule has 4 rings (SSSR count). The second-order valence-corrected chi connectivity index (χ2v) is 11.3. The lowest BCUT2D eigenvalue weighted by Gasteiger charge is -2.39. The van der Waals surface area contributed by atoms with Crippen LogP contribution in [0.2, 0.25) is 0 Å². The van der Waals surface area contributed by atoms with E-state index in [2.05, 4.69) is 15.2 Å². The number of hydrogen-bond donors (Lipinski definition) is 1. The first-order valence-electron chi connectivity index (χ1n) is 12.9. The molecule has 39 heavy (non-hydrogen) atoms. The second-order valence-electron chi connectivity index (χ2n) is 11.3. The van der Waals surface area contributed by atoms with Gasteiger partial charge in [-0.25, -0.2) is 19.2 Å². The number of carbonyl (C=O) groups excluding carboxylic acids is 2. The molecule has 1 aliphatic rings. The average Bonchev–Trinajstić information content (AvgIpc) is 2.87. The number of carbonyl (C=O) groups is 2. The molecule has 10 heteroatoms. The van der Waals surface area contributed by atoms with Crippen LogP contribution in [0, 0.1) is 12.7 Å². The Balaban J connectivity index is 1.41. The summed E-state index contributed by atoms with van der Waals surface area (Å²) < 4.78 is 24.6. The van der Waals surface area contributed by atoms with Crippen molar-refractivity contribution in [2.45, 2.75) is 52.7 Å². The van der Waals surface area contributed by atoms with Crippen LogP contribution in [0.3, 0.4) is 0 Å². The monoisotopic (exact) mass is 537 g/mol. The number of ether oxygens (including phenoxy) is 2. The van der Waals surface area contributed by atoms with Crippen LogP contribution in [0.4, 0.5) is 15.0 Å². The van der Waals surface area contributed by atoms with Gasteiger partial charge in [0.2, 0.25) is 5.91 Å². The molecule has 0 atom stereocenters. The molecule has 0 bridgehead atoms. The summed E-state index contributed by atoms with van der Waals surface area (Å²) in [6.07, 6.45) is 1.15. The summed E-state index contributed by atoms with van der Waals surface area (Å²) in [5.74, 6) is 0.379. The third-order valence-corrected chi connectivity index (χ3v) is 6.57. The number of methoxy groups -OCH3 is 1. The van der Waals surface area contributed by atoms with Crippen molar-refractivity contribution in [2.75, 3.05) is 38.2 Å². The Morgan fingerprint density at radius 2 is 1.72 bits per heavy atom. The van der Waals surface area contributed by atoms with Crippen molar-refractivity contribution in [3.8, 4) is 17.0 Å². The first-order valence-corrected chi connectivity index (χ1v) is 12.9. The predicted octanol–water partition coefficient (Wildman–Crippen LogP) is 4.70. The topological polar surface area (TPSA) is 96.9 Å². The molecular weight excluding hydrogens is 501 g/mol. The van der Waals surface area contributed by atoms with E-state index in [0.717, 1.165) is 28.0 Å². The minimum atomic E-state index is -1.09. The van der Waals surface area contributed by atoms with Crippen LogP contribution < -0.4 is 15.0 Å². The smallest absolute Gasteiger partial charge is 0.408 e. The van der Waals surface area contributed by atoms with Crippen LogP contribution in [0.1, 0.15) is 40.2 Å². The highest BCUT2D eigenvalue weighted by Crippen LogP contribution is 2.29. The van der Waals surface area contributed by atoms with E-state index in [1.165, 1.54) is 13.2 Å². The summed E-state index contributed by atoms with van der Waals surface area (Å²) in [5, 5.41) is 3.42. The first kappa shape index (κ1) is 28.1. The summed E-state index contributed by atoms with van der Waals surface area (Å²) in [5.41, 5.74) is 1.40. The van der Waals surface area contributed by atoms with Gasteiger partial charge in [-0.05, 0) is 71.4 Å².